The molecule has 0 aromatic rings. The monoisotopic (exact) mass is 470 g/mol. The highest BCUT2D eigenvalue weighted by molar-refractivity contribution is 6.61. The molecule has 0 rings (SSSR count). The van der Waals surface area contributed by atoms with E-state index in [9.17, 15) is 24.0 Å². The number of ether oxygens (including phenoxy) is 6. The average Bonchev–Trinajstić information content (AvgIpc) is 2.71. The number of carbonyl (C=O) groups is 5. The van der Waals surface area contributed by atoms with Gasteiger partial charge in [0.05, 0.1) is 31.7 Å². The first kappa shape index (κ1) is 30.6. The predicted molar refractivity (Wildman–Crippen MR) is 107 cm³/mol. The Kier molecular flexibility index (Phi) is 18.0. The van der Waals surface area contributed by atoms with Crippen LogP contribution in [0.3, 0.4) is 0 Å². The van der Waals surface area contributed by atoms with Gasteiger partial charge in [-0.2, -0.15) is 0 Å². The largest absolute Gasteiger partial charge is 0.509 e. The predicted octanol–water partition coefficient (Wildman–Crippen LogP) is 2.85. The van der Waals surface area contributed by atoms with Crippen LogP contribution in [-0.2, 0) is 42.8 Å². The summed E-state index contributed by atoms with van der Waals surface area (Å²) in [5.74, 6) is -2.57. The molecule has 0 aromatic carbocycles. The lowest BCUT2D eigenvalue weighted by Gasteiger charge is -2.13. The van der Waals surface area contributed by atoms with Crippen LogP contribution >= 0.6 is 11.6 Å². The molecule has 0 aliphatic rings. The molecule has 31 heavy (non-hydrogen) atoms. The Morgan fingerprint density at radius 1 is 0.645 bits per heavy atom. The number of halogens is 1. The van der Waals surface area contributed by atoms with Crippen molar-refractivity contribution < 1.29 is 52.4 Å². The molecule has 0 N–H and O–H groups in total. The molecular formula is C19H31ClO11. The fourth-order valence-corrected chi connectivity index (χ4v) is 1.64. The standard InChI is InChI=1S/C12H20O7.C7H11ClO4/c1-5-16-10(13)8(3)7-18-12(15)19-9(4)11(14)17-6-2;1-3-11-6(9)5(2)4-12-7(8)10/h8-9H,5-7H2,1-4H3;5H,3-4H2,1-2H3. The number of rotatable bonds is 11. The SMILES string of the molecule is CCOC(=O)C(C)COC(=O)Cl.CCOC(=O)C(C)COC(=O)OC(C)C(=O)OCC. The third-order valence-electron chi connectivity index (χ3n) is 3.17. The van der Waals surface area contributed by atoms with Gasteiger partial charge in [-0.05, 0) is 41.5 Å². The molecule has 0 radical (unpaired) electrons. The molecule has 0 heterocycles. The van der Waals surface area contributed by atoms with E-state index in [4.69, 9.17) is 21.1 Å². The van der Waals surface area contributed by atoms with Crippen LogP contribution < -0.4 is 0 Å². The van der Waals surface area contributed by atoms with Gasteiger partial charge in [-0.15, -0.1) is 0 Å². The first-order valence-electron chi connectivity index (χ1n) is 9.65. The van der Waals surface area contributed by atoms with Crippen LogP contribution in [0.1, 0.15) is 41.5 Å². The Morgan fingerprint density at radius 2 is 1.03 bits per heavy atom. The summed E-state index contributed by atoms with van der Waals surface area (Å²) in [7, 11) is 0. The molecule has 0 aliphatic heterocycles. The van der Waals surface area contributed by atoms with Crippen molar-refractivity contribution in [2.45, 2.75) is 47.6 Å². The number of carbonyl (C=O) groups excluding carboxylic acids is 5. The van der Waals surface area contributed by atoms with Gasteiger partial charge in [0, 0.05) is 11.6 Å². The van der Waals surface area contributed by atoms with Crippen LogP contribution in [0, 0.1) is 11.8 Å². The van der Waals surface area contributed by atoms with E-state index in [0.717, 1.165) is 0 Å². The maximum absolute atomic E-state index is 11.2. The van der Waals surface area contributed by atoms with Gasteiger partial charge < -0.3 is 28.4 Å². The van der Waals surface area contributed by atoms with Gasteiger partial charge in [-0.1, -0.05) is 0 Å². The summed E-state index contributed by atoms with van der Waals surface area (Å²) in [6, 6.07) is 0. The molecule has 3 atom stereocenters. The van der Waals surface area contributed by atoms with Crippen molar-refractivity contribution in [3.8, 4) is 0 Å². The molecule has 0 aromatic heterocycles. The zero-order valence-electron chi connectivity index (χ0n) is 18.6. The molecule has 12 heteroatoms. The summed E-state index contributed by atoms with van der Waals surface area (Å²) >= 11 is 4.89. The van der Waals surface area contributed by atoms with Crippen molar-refractivity contribution in [2.24, 2.45) is 11.8 Å². The van der Waals surface area contributed by atoms with Crippen molar-refractivity contribution in [1.82, 2.24) is 0 Å². The van der Waals surface area contributed by atoms with E-state index in [1.807, 2.05) is 0 Å². The van der Waals surface area contributed by atoms with Crippen molar-refractivity contribution in [3.63, 3.8) is 0 Å². The molecule has 0 spiro atoms. The first-order valence-corrected chi connectivity index (χ1v) is 10.0. The van der Waals surface area contributed by atoms with Crippen molar-refractivity contribution in [1.29, 1.82) is 0 Å². The summed E-state index contributed by atoms with van der Waals surface area (Å²) < 4.78 is 27.8. The number of esters is 3. The minimum absolute atomic E-state index is 0.0405. The van der Waals surface area contributed by atoms with Crippen LogP contribution in [0.4, 0.5) is 9.59 Å². The maximum atomic E-state index is 11.2. The Labute approximate surface area is 186 Å². The van der Waals surface area contributed by atoms with E-state index in [2.05, 4.69) is 18.9 Å². The zero-order valence-corrected chi connectivity index (χ0v) is 19.4. The molecule has 0 saturated heterocycles. The lowest BCUT2D eigenvalue weighted by molar-refractivity contribution is -0.154. The summed E-state index contributed by atoms with van der Waals surface area (Å²) in [6.07, 6.45) is -2.08. The van der Waals surface area contributed by atoms with E-state index in [1.54, 1.807) is 34.6 Å². The highest BCUT2D eigenvalue weighted by atomic mass is 35.5. The van der Waals surface area contributed by atoms with Crippen molar-refractivity contribution in [3.05, 3.63) is 0 Å². The van der Waals surface area contributed by atoms with Crippen LogP contribution in [0.5, 0.6) is 0 Å². The molecule has 0 bridgehead atoms. The highest BCUT2D eigenvalue weighted by Gasteiger charge is 2.22. The average molecular weight is 471 g/mol. The molecule has 0 saturated carbocycles. The second-order valence-electron chi connectivity index (χ2n) is 5.93. The molecular weight excluding hydrogens is 440 g/mol. The Bertz CT molecular complexity index is 579. The first-order chi connectivity index (χ1) is 14.5. The van der Waals surface area contributed by atoms with Gasteiger partial charge in [-0.3, -0.25) is 9.59 Å². The smallest absolute Gasteiger partial charge is 0.466 e. The number of hydrogen-bond acceptors (Lipinski definition) is 11. The quantitative estimate of drug-likeness (QED) is 0.250. The summed E-state index contributed by atoms with van der Waals surface area (Å²) in [5, 5.41) is 0. The fourth-order valence-electron chi connectivity index (χ4n) is 1.57. The maximum Gasteiger partial charge on any atom is 0.509 e. The van der Waals surface area contributed by atoms with Gasteiger partial charge in [0.15, 0.2) is 6.10 Å². The molecule has 0 amide bonds. The minimum Gasteiger partial charge on any atom is -0.466 e. The van der Waals surface area contributed by atoms with Gasteiger partial charge in [-0.25, -0.2) is 14.4 Å². The van der Waals surface area contributed by atoms with E-state index in [1.165, 1.54) is 6.92 Å². The summed E-state index contributed by atoms with van der Waals surface area (Å²) in [6.45, 7) is 10.1. The van der Waals surface area contributed by atoms with Crippen LogP contribution in [-0.4, -0.2) is 68.6 Å². The minimum atomic E-state index is -1.05. The van der Waals surface area contributed by atoms with E-state index in [-0.39, 0.29) is 26.4 Å². The second kappa shape index (κ2) is 18.2. The Balaban J connectivity index is 0. The number of hydrogen-bond donors (Lipinski definition) is 0. The molecule has 0 aliphatic carbocycles. The van der Waals surface area contributed by atoms with E-state index >= 15 is 0 Å². The molecule has 3 unspecified atom stereocenters. The van der Waals surface area contributed by atoms with Crippen molar-refractivity contribution >= 4 is 41.1 Å². The Hall–Kier alpha value is -2.56. The normalized spacial score (nSPS) is 12.6. The lowest BCUT2D eigenvalue weighted by atomic mass is 10.2. The fraction of sp³-hybridized carbons (Fsp3) is 0.737. The van der Waals surface area contributed by atoms with Gasteiger partial charge in [0.1, 0.15) is 13.2 Å². The van der Waals surface area contributed by atoms with Gasteiger partial charge >= 0.3 is 29.5 Å². The molecule has 180 valence electrons. The molecule has 0 fully saturated rings. The van der Waals surface area contributed by atoms with Gasteiger partial charge in [0.2, 0.25) is 0 Å². The summed E-state index contributed by atoms with van der Waals surface area (Å²) in [5.41, 5.74) is -0.911. The van der Waals surface area contributed by atoms with Crippen LogP contribution in [0.25, 0.3) is 0 Å². The molecule has 11 nitrogen and oxygen atoms in total. The highest BCUT2D eigenvalue weighted by Crippen LogP contribution is 2.03. The second-order valence-corrected chi connectivity index (χ2v) is 6.24. The third kappa shape index (κ3) is 16.9. The van der Waals surface area contributed by atoms with Crippen LogP contribution in [0.15, 0.2) is 0 Å². The zero-order chi connectivity index (χ0) is 24.4. The van der Waals surface area contributed by atoms with E-state index in [0.29, 0.717) is 6.61 Å². The van der Waals surface area contributed by atoms with Crippen molar-refractivity contribution in [2.75, 3.05) is 33.0 Å². The summed E-state index contributed by atoms with van der Waals surface area (Å²) in [4.78, 5) is 54.7. The third-order valence-corrected chi connectivity index (χ3v) is 3.28. The Morgan fingerprint density at radius 3 is 1.42 bits per heavy atom. The van der Waals surface area contributed by atoms with Crippen LogP contribution in [0.2, 0.25) is 0 Å². The lowest BCUT2D eigenvalue weighted by Crippen LogP contribution is -2.28. The van der Waals surface area contributed by atoms with E-state index < -0.39 is 47.4 Å². The van der Waals surface area contributed by atoms with Gasteiger partial charge in [0.25, 0.3) is 0 Å². The topological polar surface area (TPSA) is 141 Å².